The van der Waals surface area contributed by atoms with Crippen molar-refractivity contribution in [3.05, 3.63) is 175 Å². The van der Waals surface area contributed by atoms with Crippen molar-refractivity contribution in [1.29, 1.82) is 0 Å². The van der Waals surface area contributed by atoms with E-state index < -0.39 is 0 Å². The van der Waals surface area contributed by atoms with Gasteiger partial charge >= 0.3 is 0 Å². The summed E-state index contributed by atoms with van der Waals surface area (Å²) in [6.45, 7) is 4.69. The molecule has 1 aliphatic carbocycles. The summed E-state index contributed by atoms with van der Waals surface area (Å²) in [7, 11) is 0. The summed E-state index contributed by atoms with van der Waals surface area (Å²) in [5, 5.41) is 3.54. The first kappa shape index (κ1) is 29.0. The van der Waals surface area contributed by atoms with Gasteiger partial charge in [-0.3, -0.25) is 0 Å². The molecule has 1 aliphatic rings. The Morgan fingerprint density at radius 2 is 1.18 bits per heavy atom. The molecular weight excluding hydrogens is 627 g/mol. The fraction of sp³-hybridized carbons (Fsp3) is 0.0652. The Morgan fingerprint density at radius 3 is 1.98 bits per heavy atom. The molecule has 2 aromatic heterocycles. The van der Waals surface area contributed by atoms with Crippen LogP contribution < -0.4 is 4.90 Å². The van der Waals surface area contributed by atoms with Gasteiger partial charge in [-0.1, -0.05) is 105 Å². The number of aromatic nitrogens is 2. The Balaban J connectivity index is 1.15. The molecule has 3 nitrogen and oxygen atoms in total. The number of benzene rings is 7. The standard InChI is InChI=1S/C46H33N3S/c1-46(2)39-24-22-33(26-36(39)37-28-44-41(29-40(37)46)47-45(50-44)30-14-6-3-7-15-30)48(31-16-8-4-9-17-31)34-23-25-43-38(27-34)35-20-12-13-21-42(35)49(43)32-18-10-5-11-19-32/h3-29H,1-2H3. The topological polar surface area (TPSA) is 21.1 Å². The molecule has 10 rings (SSSR count). The van der Waals surface area contributed by atoms with Crippen molar-refractivity contribution >= 4 is 60.4 Å². The lowest BCUT2D eigenvalue weighted by Gasteiger charge is -2.27. The van der Waals surface area contributed by atoms with E-state index in [1.807, 2.05) is 0 Å². The molecule has 9 aromatic rings. The second-order valence-electron chi connectivity index (χ2n) is 13.7. The molecule has 0 spiro atoms. The van der Waals surface area contributed by atoms with Crippen LogP contribution in [0.5, 0.6) is 0 Å². The second-order valence-corrected chi connectivity index (χ2v) is 14.7. The molecule has 0 unspecified atom stereocenters. The zero-order valence-electron chi connectivity index (χ0n) is 27.8. The monoisotopic (exact) mass is 659 g/mol. The van der Waals surface area contributed by atoms with Gasteiger partial charge in [0.05, 0.1) is 21.3 Å². The third-order valence-electron chi connectivity index (χ3n) is 10.4. The first-order chi connectivity index (χ1) is 24.5. The number of anilines is 3. The Hall–Kier alpha value is -5.97. The molecule has 0 radical (unpaired) electrons. The average Bonchev–Trinajstić information content (AvgIpc) is 3.80. The highest BCUT2D eigenvalue weighted by molar-refractivity contribution is 7.21. The van der Waals surface area contributed by atoms with Crippen LogP contribution in [0.4, 0.5) is 17.1 Å². The molecule has 0 aliphatic heterocycles. The number of thiazole rings is 1. The van der Waals surface area contributed by atoms with Crippen LogP contribution in [0.15, 0.2) is 164 Å². The summed E-state index contributed by atoms with van der Waals surface area (Å²) in [5.41, 5.74) is 14.3. The predicted molar refractivity (Wildman–Crippen MR) is 212 cm³/mol. The van der Waals surface area contributed by atoms with Gasteiger partial charge in [-0.2, -0.15) is 0 Å². The van der Waals surface area contributed by atoms with Crippen molar-refractivity contribution in [2.24, 2.45) is 0 Å². The third kappa shape index (κ3) is 4.38. The van der Waals surface area contributed by atoms with Crippen LogP contribution in [0.25, 0.3) is 59.4 Å². The van der Waals surface area contributed by atoms with Crippen molar-refractivity contribution in [3.8, 4) is 27.4 Å². The molecule has 0 N–H and O–H groups in total. The SMILES string of the molecule is CC1(C)c2ccc(N(c3ccccc3)c3ccc4c(c3)c3ccccc3n4-c3ccccc3)cc2-c2cc3sc(-c4ccccc4)nc3cc21. The van der Waals surface area contributed by atoms with Crippen LogP contribution in [0.3, 0.4) is 0 Å². The Labute approximate surface area is 295 Å². The molecule has 0 bridgehead atoms. The minimum Gasteiger partial charge on any atom is -0.310 e. The lowest BCUT2D eigenvalue weighted by molar-refractivity contribution is 0.661. The van der Waals surface area contributed by atoms with Crippen molar-refractivity contribution in [3.63, 3.8) is 0 Å². The maximum Gasteiger partial charge on any atom is 0.124 e. The number of hydrogen-bond acceptors (Lipinski definition) is 3. The molecule has 4 heteroatoms. The number of hydrogen-bond donors (Lipinski definition) is 0. The van der Waals surface area contributed by atoms with Gasteiger partial charge < -0.3 is 9.47 Å². The molecule has 238 valence electrons. The lowest BCUT2D eigenvalue weighted by Crippen LogP contribution is -2.15. The van der Waals surface area contributed by atoms with Crippen molar-refractivity contribution in [2.45, 2.75) is 19.3 Å². The van der Waals surface area contributed by atoms with E-state index in [1.165, 1.54) is 48.8 Å². The Bertz CT molecular complexity index is 2720. The Kier molecular flexibility index (Phi) is 6.39. The molecule has 50 heavy (non-hydrogen) atoms. The van der Waals surface area contributed by atoms with E-state index in [4.69, 9.17) is 4.98 Å². The highest BCUT2D eigenvalue weighted by Crippen LogP contribution is 2.52. The molecule has 7 aromatic carbocycles. The zero-order valence-corrected chi connectivity index (χ0v) is 28.7. The number of para-hydroxylation sites is 3. The van der Waals surface area contributed by atoms with Gasteiger partial charge in [0.1, 0.15) is 5.01 Å². The van der Waals surface area contributed by atoms with Gasteiger partial charge in [-0.15, -0.1) is 11.3 Å². The maximum atomic E-state index is 5.09. The van der Waals surface area contributed by atoms with Crippen LogP contribution in [0.1, 0.15) is 25.0 Å². The second kappa shape index (κ2) is 11.0. The number of rotatable bonds is 5. The van der Waals surface area contributed by atoms with Gasteiger partial charge in [0.2, 0.25) is 0 Å². The van der Waals surface area contributed by atoms with E-state index in [1.54, 1.807) is 11.3 Å². The van der Waals surface area contributed by atoms with E-state index in [-0.39, 0.29) is 5.41 Å². The molecule has 2 heterocycles. The first-order valence-electron chi connectivity index (χ1n) is 17.1. The predicted octanol–water partition coefficient (Wildman–Crippen LogP) is 12.8. The smallest absolute Gasteiger partial charge is 0.124 e. The molecule has 0 atom stereocenters. The van der Waals surface area contributed by atoms with Crippen LogP contribution in [-0.4, -0.2) is 9.55 Å². The quantitative estimate of drug-likeness (QED) is 0.183. The van der Waals surface area contributed by atoms with E-state index in [9.17, 15) is 0 Å². The summed E-state index contributed by atoms with van der Waals surface area (Å²) in [5.74, 6) is 0. The summed E-state index contributed by atoms with van der Waals surface area (Å²) < 4.78 is 3.59. The molecule has 0 saturated carbocycles. The van der Waals surface area contributed by atoms with Crippen LogP contribution in [0, 0.1) is 0 Å². The maximum absolute atomic E-state index is 5.09. The van der Waals surface area contributed by atoms with Gasteiger partial charge in [0, 0.05) is 44.5 Å². The van der Waals surface area contributed by atoms with E-state index in [0.717, 1.165) is 38.8 Å². The lowest BCUT2D eigenvalue weighted by atomic mass is 9.82. The van der Waals surface area contributed by atoms with Crippen molar-refractivity contribution in [1.82, 2.24) is 9.55 Å². The first-order valence-corrected chi connectivity index (χ1v) is 18.0. The van der Waals surface area contributed by atoms with Gasteiger partial charge in [-0.25, -0.2) is 4.98 Å². The van der Waals surface area contributed by atoms with Crippen LogP contribution >= 0.6 is 11.3 Å². The zero-order chi connectivity index (χ0) is 33.4. The molecular formula is C46H33N3S. The van der Waals surface area contributed by atoms with Crippen LogP contribution in [0.2, 0.25) is 0 Å². The largest absolute Gasteiger partial charge is 0.310 e. The third-order valence-corrected chi connectivity index (χ3v) is 11.5. The molecule has 0 saturated heterocycles. The molecule has 0 amide bonds. The van der Waals surface area contributed by atoms with Crippen molar-refractivity contribution in [2.75, 3.05) is 4.90 Å². The fourth-order valence-corrected chi connectivity index (χ4v) is 8.97. The fourth-order valence-electron chi connectivity index (χ4n) is 7.98. The minimum atomic E-state index is -0.135. The normalized spacial score (nSPS) is 13.2. The van der Waals surface area contributed by atoms with Gasteiger partial charge in [0.25, 0.3) is 0 Å². The van der Waals surface area contributed by atoms with E-state index >= 15 is 0 Å². The highest BCUT2D eigenvalue weighted by atomic mass is 32.1. The van der Waals surface area contributed by atoms with Gasteiger partial charge in [0.15, 0.2) is 0 Å². The van der Waals surface area contributed by atoms with E-state index in [2.05, 4.69) is 187 Å². The Morgan fingerprint density at radius 1 is 0.540 bits per heavy atom. The van der Waals surface area contributed by atoms with Crippen molar-refractivity contribution < 1.29 is 0 Å². The number of fused-ring (bicyclic) bond motifs is 7. The summed E-state index contributed by atoms with van der Waals surface area (Å²) in [6.07, 6.45) is 0. The summed E-state index contributed by atoms with van der Waals surface area (Å²) in [4.78, 5) is 7.49. The average molecular weight is 660 g/mol. The minimum absolute atomic E-state index is 0.135. The summed E-state index contributed by atoms with van der Waals surface area (Å²) in [6, 6.07) is 59.3. The summed E-state index contributed by atoms with van der Waals surface area (Å²) >= 11 is 1.77. The van der Waals surface area contributed by atoms with Crippen LogP contribution in [-0.2, 0) is 5.41 Å². The van der Waals surface area contributed by atoms with E-state index in [0.29, 0.717) is 0 Å². The number of nitrogens with zero attached hydrogens (tertiary/aromatic N) is 3. The van der Waals surface area contributed by atoms with Gasteiger partial charge in [-0.05, 0) is 95.1 Å². The highest BCUT2D eigenvalue weighted by Gasteiger charge is 2.36. The molecule has 0 fully saturated rings.